The van der Waals surface area contributed by atoms with Crippen LogP contribution in [0.4, 0.5) is 0 Å². The predicted molar refractivity (Wildman–Crippen MR) is 253 cm³/mol. The minimum absolute atomic E-state index is 0. The number of benzene rings is 1. The minimum Gasteiger partial charge on any atom is -0.716 e. The average Bonchev–Trinajstić information content (AvgIpc) is 3.87. The minimum atomic E-state index is -5.58. The smallest absolute Gasteiger partial charge is 0.716 e. The summed E-state index contributed by atoms with van der Waals surface area (Å²) in [7, 11) is -5.58. The van der Waals surface area contributed by atoms with Crippen molar-refractivity contribution >= 4 is 57.7 Å². The van der Waals surface area contributed by atoms with E-state index >= 15 is 0 Å². The fourth-order valence-electron chi connectivity index (χ4n) is 8.50. The van der Waals surface area contributed by atoms with Gasteiger partial charge in [-0.05, 0) is 37.5 Å². The van der Waals surface area contributed by atoms with Crippen molar-refractivity contribution in [2.75, 3.05) is 13.1 Å². The quantitative estimate of drug-likeness (QED) is 0.0316. The Bertz CT molecular complexity index is 2430. The van der Waals surface area contributed by atoms with Crippen LogP contribution >= 0.6 is 0 Å². The second kappa shape index (κ2) is 28.9. The summed E-state index contributed by atoms with van der Waals surface area (Å²) in [6, 6.07) is -10.8. The van der Waals surface area contributed by atoms with E-state index in [0.29, 0.717) is 28.4 Å². The first-order chi connectivity index (χ1) is 35.1. The topological polar surface area (TPSA) is 478 Å². The van der Waals surface area contributed by atoms with E-state index in [9.17, 15) is 97.3 Å². The number of aliphatic hydroxyl groups excluding tert-OH is 8. The SMILES string of the molecule is CCC/C=C/C/C=C/CC(=O)N[C@H]1C[C@@H](O)[C@H](O)NC(=O)[C@@H]2[C@@H](O)[C@@H](C)CN2C(=O)[C@H]([C@H](O)CC(N)=O)NC(=O)[C@H]([C@H](O)[C@@H](O)c2ccc(O)c(OS(=O)(=O)[O-])c2)NC(=O)[C@@H]2C[C@@H](O)CN2C(=O)[C@H]([C@@H](C)O)NC1=O.[Na+]. The number of aromatic hydroxyl groups is 1. The Balaban J connectivity index is 0.0000152. The summed E-state index contributed by atoms with van der Waals surface area (Å²) in [5, 5.41) is 111. The van der Waals surface area contributed by atoms with Gasteiger partial charge in [-0.3, -0.25) is 38.4 Å². The summed E-state index contributed by atoms with van der Waals surface area (Å²) < 4.78 is 38.3. The van der Waals surface area contributed by atoms with Gasteiger partial charge in [-0.15, -0.1) is 0 Å². The van der Waals surface area contributed by atoms with E-state index in [1.807, 2.05) is 29.7 Å². The number of carbonyl (C=O) groups is 8. The number of fused-ring (bicyclic) bond motifs is 2. The normalized spacial score (nSPS) is 29.1. The summed E-state index contributed by atoms with van der Waals surface area (Å²) in [5.74, 6) is -13.7. The number of phenolic OH excluding ortho intramolecular Hbond substituents is 1. The van der Waals surface area contributed by atoms with Crippen LogP contribution < -0.4 is 66.1 Å². The Morgan fingerprint density at radius 1 is 0.855 bits per heavy atom. The van der Waals surface area contributed by atoms with Crippen molar-refractivity contribution in [3.05, 3.63) is 48.1 Å². The largest absolute Gasteiger partial charge is 1.00 e. The Hall–Kier alpha value is -5.35. The summed E-state index contributed by atoms with van der Waals surface area (Å²) in [5.41, 5.74) is 4.69. The zero-order chi connectivity index (χ0) is 56.2. The van der Waals surface area contributed by atoms with Gasteiger partial charge in [0.15, 0.2) is 17.7 Å². The molecule has 3 fully saturated rings. The molecule has 3 saturated heterocycles. The van der Waals surface area contributed by atoms with Crippen LogP contribution in [0.25, 0.3) is 0 Å². The first kappa shape index (κ1) is 64.9. The number of nitrogens with one attached hydrogen (secondary N) is 5. The van der Waals surface area contributed by atoms with Gasteiger partial charge in [-0.1, -0.05) is 50.6 Å². The second-order valence-electron chi connectivity index (χ2n) is 18.4. The third-order valence-electron chi connectivity index (χ3n) is 12.5. The Labute approximate surface area is 458 Å². The predicted octanol–water partition coefficient (Wildman–Crippen LogP) is -9.75. The fraction of sp³-hybridized carbons (Fsp3) is 0.600. The number of allylic oxidation sites excluding steroid dienone is 3. The Kier molecular flexibility index (Phi) is 24.7. The van der Waals surface area contributed by atoms with Gasteiger partial charge in [-0.25, -0.2) is 8.42 Å². The average molecular weight is 1110 g/mol. The van der Waals surface area contributed by atoms with Gasteiger partial charge in [0.05, 0.1) is 30.8 Å². The first-order valence-electron chi connectivity index (χ1n) is 23.7. The molecule has 0 radical (unpaired) electrons. The standard InChI is InChI=1S/C45H66N8O21S.Na/c1-4-5-6-7-8-9-10-11-31(60)47-24-16-28(58)41(66)51-43(68)35-36(61)20(2)18-53(35)45(70)33(27(57)17-30(46)59)49-42(67)34(38(63)37(62)22-12-13-26(56)29(14-22)74-75(71,72)73)50-40(65)25-15-23(55)19-52(25)44(69)32(21(3)54)48-39(24)64;/h6-7,9-10,12-14,20-21,23-25,27-28,32-38,41,54-58,61-63,66H,4-5,8,11,15-19H2,1-3H3,(H2,46,59)(H,47,60)(H,48,64)(H,49,67)(H,50,65)(H,51,68)(H,71,72,73);/q;+1/p-1/b7-6+,10-9+;/t20-,21+,23+,24-,25-,27+,28+,32-,33-,34-,35-,36-,37-,38-,41-;/m0./s1. The van der Waals surface area contributed by atoms with E-state index in [1.165, 1.54) is 13.0 Å². The van der Waals surface area contributed by atoms with Crippen LogP contribution in [0.5, 0.6) is 11.5 Å². The van der Waals surface area contributed by atoms with Crippen LogP contribution in [0.2, 0.25) is 0 Å². The van der Waals surface area contributed by atoms with Crippen molar-refractivity contribution in [3.63, 3.8) is 0 Å². The third kappa shape index (κ3) is 17.6. The number of nitrogens with zero attached hydrogens (tertiary/aromatic N) is 2. The molecule has 0 unspecified atom stereocenters. The molecule has 8 amide bonds. The van der Waals surface area contributed by atoms with Gasteiger partial charge in [0.25, 0.3) is 10.4 Å². The number of aliphatic hydroxyl groups is 8. The number of primary amides is 1. The van der Waals surface area contributed by atoms with E-state index in [0.717, 1.165) is 25.8 Å². The van der Waals surface area contributed by atoms with Crippen molar-refractivity contribution < 1.29 is 131 Å². The molecular formula is C45H65N8NaO21S. The number of hydrogen-bond donors (Lipinski definition) is 15. The first-order valence-corrected chi connectivity index (χ1v) is 25.0. The molecule has 15 atom stereocenters. The van der Waals surface area contributed by atoms with Gasteiger partial charge in [0.1, 0.15) is 54.6 Å². The molecule has 0 bridgehead atoms. The molecule has 29 nitrogen and oxygen atoms in total. The van der Waals surface area contributed by atoms with Crippen LogP contribution in [0, 0.1) is 5.92 Å². The van der Waals surface area contributed by atoms with Crippen molar-refractivity contribution in [2.24, 2.45) is 11.7 Å². The summed E-state index contributed by atoms with van der Waals surface area (Å²) in [4.78, 5) is 112. The van der Waals surface area contributed by atoms with Crippen LogP contribution in [0.1, 0.15) is 77.4 Å². The maximum atomic E-state index is 14.5. The van der Waals surface area contributed by atoms with E-state index in [-0.39, 0.29) is 36.0 Å². The molecule has 76 heavy (non-hydrogen) atoms. The third-order valence-corrected chi connectivity index (χ3v) is 12.8. The molecule has 3 aliphatic rings. The second-order valence-corrected chi connectivity index (χ2v) is 19.4. The summed E-state index contributed by atoms with van der Waals surface area (Å²) in [6.45, 7) is 3.13. The van der Waals surface area contributed by atoms with E-state index < -0.39 is 198 Å². The molecule has 1 aromatic carbocycles. The van der Waals surface area contributed by atoms with E-state index in [2.05, 4.69) is 20.1 Å². The number of carbonyl (C=O) groups excluding carboxylic acids is 8. The van der Waals surface area contributed by atoms with E-state index in [1.54, 1.807) is 6.08 Å². The number of amides is 8. The van der Waals surface area contributed by atoms with Crippen molar-refractivity contribution in [2.45, 2.75) is 151 Å². The molecule has 0 aromatic heterocycles. The van der Waals surface area contributed by atoms with Gasteiger partial charge in [0, 0.05) is 38.3 Å². The molecule has 31 heteroatoms. The number of unbranched alkanes of at least 4 members (excludes halogenated alkanes) is 1. The molecule has 3 heterocycles. The Morgan fingerprint density at radius 2 is 1.47 bits per heavy atom. The molecule has 4 rings (SSSR count). The van der Waals surface area contributed by atoms with Gasteiger partial charge >= 0.3 is 29.6 Å². The van der Waals surface area contributed by atoms with Crippen LogP contribution in [0.15, 0.2) is 42.5 Å². The molecule has 0 spiro atoms. The molecule has 16 N–H and O–H groups in total. The molecule has 3 aliphatic heterocycles. The molecular weight excluding hydrogens is 1040 g/mol. The summed E-state index contributed by atoms with van der Waals surface area (Å²) >= 11 is 0. The van der Waals surface area contributed by atoms with E-state index in [4.69, 9.17) is 5.73 Å². The number of rotatable bonds is 16. The van der Waals surface area contributed by atoms with Crippen LogP contribution in [0.3, 0.4) is 0 Å². The van der Waals surface area contributed by atoms with Crippen molar-refractivity contribution in [1.29, 1.82) is 0 Å². The zero-order valence-electron chi connectivity index (χ0n) is 41.9. The van der Waals surface area contributed by atoms with Crippen molar-refractivity contribution in [3.8, 4) is 11.5 Å². The van der Waals surface area contributed by atoms with Gasteiger partial charge in [0.2, 0.25) is 47.3 Å². The zero-order valence-corrected chi connectivity index (χ0v) is 44.7. The monoisotopic (exact) mass is 1110 g/mol. The number of hydrogen-bond acceptors (Lipinski definition) is 21. The maximum Gasteiger partial charge on any atom is 1.00 e. The van der Waals surface area contributed by atoms with Gasteiger partial charge < -0.3 is 96.8 Å². The number of phenols is 1. The molecule has 1 aromatic rings. The fourth-order valence-corrected chi connectivity index (χ4v) is 8.85. The van der Waals surface area contributed by atoms with Crippen molar-refractivity contribution in [1.82, 2.24) is 36.4 Å². The van der Waals surface area contributed by atoms with Gasteiger partial charge in [-0.2, -0.15) is 0 Å². The maximum absolute atomic E-state index is 14.5. The molecule has 0 saturated carbocycles. The molecule has 0 aliphatic carbocycles. The number of nitrogens with two attached hydrogens (primary N) is 1. The Morgan fingerprint density at radius 3 is 2.09 bits per heavy atom. The van der Waals surface area contributed by atoms with Crippen LogP contribution in [-0.4, -0.2) is 208 Å². The van der Waals surface area contributed by atoms with Crippen LogP contribution in [-0.2, 0) is 48.8 Å². The summed E-state index contributed by atoms with van der Waals surface area (Å²) in [6.07, 6.45) is -11.1. The molecule has 418 valence electrons.